The van der Waals surface area contributed by atoms with Crippen LogP contribution in [-0.2, 0) is 21.2 Å². The lowest BCUT2D eigenvalue weighted by Crippen LogP contribution is -2.31. The minimum Gasteiger partial charge on any atom is -0.495 e. The summed E-state index contributed by atoms with van der Waals surface area (Å²) < 4.78 is 31.2. The van der Waals surface area contributed by atoms with Crippen LogP contribution >= 0.6 is 0 Å². The van der Waals surface area contributed by atoms with Crippen molar-refractivity contribution in [2.45, 2.75) is 17.7 Å². The highest BCUT2D eigenvalue weighted by molar-refractivity contribution is 7.89. The number of nitrogens with zero attached hydrogens (tertiary/aromatic N) is 2. The summed E-state index contributed by atoms with van der Waals surface area (Å²) in [6, 6.07) is 14.8. The van der Waals surface area contributed by atoms with E-state index < -0.39 is 10.0 Å². The van der Waals surface area contributed by atoms with Crippen LogP contribution in [0.5, 0.6) is 5.75 Å². The van der Waals surface area contributed by atoms with E-state index in [1.165, 1.54) is 38.9 Å². The van der Waals surface area contributed by atoms with Crippen LogP contribution in [0.15, 0.2) is 53.4 Å². The molecule has 2 aromatic rings. The standard InChI is InChI=1S/C21H29N3O4S/c1-23(2)29(26,27)20-15-18(12-13-19(20)28-4)22-21(25)16-24(3)14-8-11-17-9-6-5-7-10-17/h5-7,9-10,12-13,15H,8,11,14,16H2,1-4H3,(H,22,25). The molecule has 0 fully saturated rings. The zero-order chi connectivity index (χ0) is 21.4. The number of ether oxygens (including phenoxy) is 1. The lowest BCUT2D eigenvalue weighted by molar-refractivity contribution is -0.117. The highest BCUT2D eigenvalue weighted by Gasteiger charge is 2.23. The van der Waals surface area contributed by atoms with E-state index in [2.05, 4.69) is 17.4 Å². The summed E-state index contributed by atoms with van der Waals surface area (Å²) in [6.07, 6.45) is 1.90. The maximum Gasteiger partial charge on any atom is 0.246 e. The Morgan fingerprint density at radius 2 is 1.76 bits per heavy atom. The molecular formula is C21H29N3O4S. The minimum atomic E-state index is -3.69. The Bertz CT molecular complexity index is 915. The molecule has 0 unspecified atom stereocenters. The summed E-state index contributed by atoms with van der Waals surface area (Å²) >= 11 is 0. The van der Waals surface area contributed by atoms with Crippen LogP contribution in [-0.4, -0.2) is 64.9 Å². The fraction of sp³-hybridized carbons (Fsp3) is 0.381. The Labute approximate surface area is 173 Å². The molecular weight excluding hydrogens is 390 g/mol. The van der Waals surface area contributed by atoms with Crippen molar-refractivity contribution >= 4 is 21.6 Å². The van der Waals surface area contributed by atoms with Crippen molar-refractivity contribution in [3.05, 3.63) is 54.1 Å². The largest absolute Gasteiger partial charge is 0.495 e. The first-order chi connectivity index (χ1) is 13.7. The van der Waals surface area contributed by atoms with Gasteiger partial charge in [-0.1, -0.05) is 30.3 Å². The molecule has 0 heterocycles. The average molecular weight is 420 g/mol. The Morgan fingerprint density at radius 3 is 2.38 bits per heavy atom. The third-order valence-electron chi connectivity index (χ3n) is 4.47. The molecule has 2 rings (SSSR count). The summed E-state index contributed by atoms with van der Waals surface area (Å²) in [4.78, 5) is 14.3. The number of carbonyl (C=O) groups excluding carboxylic acids is 1. The number of anilines is 1. The van der Waals surface area contributed by atoms with Crippen LogP contribution in [0.4, 0.5) is 5.69 Å². The van der Waals surface area contributed by atoms with E-state index in [0.29, 0.717) is 5.69 Å². The van der Waals surface area contributed by atoms with Crippen molar-refractivity contribution in [3.63, 3.8) is 0 Å². The molecule has 0 aromatic heterocycles. The molecule has 0 spiro atoms. The molecule has 0 aliphatic heterocycles. The quantitative estimate of drug-likeness (QED) is 0.640. The molecule has 8 heteroatoms. The summed E-state index contributed by atoms with van der Waals surface area (Å²) in [5.74, 6) is 0.0281. The maximum absolute atomic E-state index is 12.5. The molecule has 0 saturated carbocycles. The van der Waals surface area contributed by atoms with Gasteiger partial charge in [-0.15, -0.1) is 0 Å². The summed E-state index contributed by atoms with van der Waals surface area (Å²) in [5, 5.41) is 2.76. The smallest absolute Gasteiger partial charge is 0.246 e. The molecule has 0 bridgehead atoms. The van der Waals surface area contributed by atoms with Crippen molar-refractivity contribution < 1.29 is 17.9 Å². The highest BCUT2D eigenvalue weighted by Crippen LogP contribution is 2.28. The summed E-state index contributed by atoms with van der Waals surface area (Å²) in [5.41, 5.74) is 1.69. The first kappa shape index (κ1) is 22.9. The van der Waals surface area contributed by atoms with E-state index in [-0.39, 0.29) is 23.1 Å². The molecule has 7 nitrogen and oxygen atoms in total. The Morgan fingerprint density at radius 1 is 1.07 bits per heavy atom. The minimum absolute atomic E-state index is 0.0130. The number of rotatable bonds is 10. The van der Waals surface area contributed by atoms with Gasteiger partial charge in [0.25, 0.3) is 0 Å². The zero-order valence-electron chi connectivity index (χ0n) is 17.4. The SMILES string of the molecule is COc1ccc(NC(=O)CN(C)CCCc2ccccc2)cc1S(=O)(=O)N(C)C. The number of hydrogen-bond donors (Lipinski definition) is 1. The lowest BCUT2D eigenvalue weighted by atomic mass is 10.1. The van der Waals surface area contributed by atoms with Gasteiger partial charge >= 0.3 is 0 Å². The van der Waals surface area contributed by atoms with Crippen LogP contribution < -0.4 is 10.1 Å². The average Bonchev–Trinajstić information content (AvgIpc) is 2.68. The van der Waals surface area contributed by atoms with Gasteiger partial charge in [0.1, 0.15) is 10.6 Å². The molecule has 158 valence electrons. The van der Waals surface area contributed by atoms with Crippen LogP contribution in [0.3, 0.4) is 0 Å². The van der Waals surface area contributed by atoms with Crippen molar-refractivity contribution in [1.82, 2.24) is 9.21 Å². The molecule has 0 saturated heterocycles. The van der Waals surface area contributed by atoms with Gasteiger partial charge in [-0.25, -0.2) is 12.7 Å². The number of carbonyl (C=O) groups is 1. The lowest BCUT2D eigenvalue weighted by Gasteiger charge is -2.18. The molecule has 1 N–H and O–H groups in total. The van der Waals surface area contributed by atoms with E-state index in [4.69, 9.17) is 4.74 Å². The van der Waals surface area contributed by atoms with Gasteiger partial charge in [-0.3, -0.25) is 9.69 Å². The third kappa shape index (κ3) is 6.56. The number of methoxy groups -OCH3 is 1. The molecule has 0 aliphatic carbocycles. The topological polar surface area (TPSA) is 79.0 Å². The van der Waals surface area contributed by atoms with Crippen LogP contribution in [0.2, 0.25) is 0 Å². The predicted molar refractivity (Wildman–Crippen MR) is 115 cm³/mol. The predicted octanol–water partition coefficient (Wildman–Crippen LogP) is 2.45. The number of nitrogens with one attached hydrogen (secondary N) is 1. The second kappa shape index (κ2) is 10.4. The second-order valence-corrected chi connectivity index (χ2v) is 9.15. The van der Waals surface area contributed by atoms with E-state index in [1.54, 1.807) is 6.07 Å². The molecule has 0 atom stereocenters. The summed E-state index contributed by atoms with van der Waals surface area (Å²) in [6.45, 7) is 1.00. The van der Waals surface area contributed by atoms with Crippen LogP contribution in [0.25, 0.3) is 0 Å². The van der Waals surface area contributed by atoms with E-state index in [9.17, 15) is 13.2 Å². The highest BCUT2D eigenvalue weighted by atomic mass is 32.2. The number of sulfonamides is 1. The number of likely N-dealkylation sites (N-methyl/N-ethyl adjacent to an activating group) is 1. The molecule has 0 radical (unpaired) electrons. The van der Waals surface area contributed by atoms with Gasteiger partial charge in [-0.2, -0.15) is 0 Å². The number of benzene rings is 2. The van der Waals surface area contributed by atoms with Crippen molar-refractivity contribution in [1.29, 1.82) is 0 Å². The zero-order valence-corrected chi connectivity index (χ0v) is 18.2. The van der Waals surface area contributed by atoms with Crippen molar-refractivity contribution in [2.24, 2.45) is 0 Å². The summed E-state index contributed by atoms with van der Waals surface area (Å²) in [7, 11) is 2.50. The fourth-order valence-electron chi connectivity index (χ4n) is 2.88. The van der Waals surface area contributed by atoms with Gasteiger partial charge < -0.3 is 10.1 Å². The third-order valence-corrected chi connectivity index (χ3v) is 6.30. The van der Waals surface area contributed by atoms with Gasteiger partial charge in [0.05, 0.1) is 13.7 Å². The van der Waals surface area contributed by atoms with Crippen LogP contribution in [0, 0.1) is 0 Å². The van der Waals surface area contributed by atoms with Crippen molar-refractivity contribution in [2.75, 3.05) is 46.7 Å². The molecule has 2 aromatic carbocycles. The van der Waals surface area contributed by atoms with Gasteiger partial charge in [0, 0.05) is 19.8 Å². The van der Waals surface area contributed by atoms with Crippen molar-refractivity contribution in [3.8, 4) is 5.75 Å². The van der Waals surface area contributed by atoms with Gasteiger partial charge in [0.2, 0.25) is 15.9 Å². The van der Waals surface area contributed by atoms with E-state index in [1.807, 2.05) is 30.1 Å². The molecule has 29 heavy (non-hydrogen) atoms. The number of hydrogen-bond acceptors (Lipinski definition) is 5. The monoisotopic (exact) mass is 419 g/mol. The second-order valence-electron chi connectivity index (χ2n) is 7.03. The Kier molecular flexibility index (Phi) is 8.19. The Hall–Kier alpha value is -2.42. The number of aryl methyl sites for hydroxylation is 1. The van der Waals surface area contributed by atoms with E-state index in [0.717, 1.165) is 23.7 Å². The first-order valence-corrected chi connectivity index (χ1v) is 10.8. The maximum atomic E-state index is 12.5. The fourth-order valence-corrected chi connectivity index (χ4v) is 3.95. The normalized spacial score (nSPS) is 11.7. The first-order valence-electron chi connectivity index (χ1n) is 9.37. The molecule has 1 amide bonds. The van der Waals surface area contributed by atoms with Crippen LogP contribution in [0.1, 0.15) is 12.0 Å². The van der Waals surface area contributed by atoms with E-state index >= 15 is 0 Å². The van der Waals surface area contributed by atoms with Gasteiger partial charge in [0.15, 0.2) is 0 Å². The van der Waals surface area contributed by atoms with Gasteiger partial charge in [-0.05, 0) is 50.2 Å². The number of amides is 1. The Balaban J connectivity index is 1.94. The molecule has 0 aliphatic rings.